The highest BCUT2D eigenvalue weighted by molar-refractivity contribution is 6.30. The summed E-state index contributed by atoms with van der Waals surface area (Å²) in [6, 6.07) is 9.70. The summed E-state index contributed by atoms with van der Waals surface area (Å²) in [6.45, 7) is 4.09. The van der Waals surface area contributed by atoms with Crippen molar-refractivity contribution >= 4 is 23.4 Å². The zero-order chi connectivity index (χ0) is 14.8. The highest BCUT2D eigenvalue weighted by Gasteiger charge is 2.23. The van der Waals surface area contributed by atoms with Crippen LogP contribution < -0.4 is 10.6 Å². The normalized spacial score (nSPS) is 18.8. The molecule has 0 radical (unpaired) electrons. The second-order valence-electron chi connectivity index (χ2n) is 5.08. The van der Waals surface area contributed by atoms with Crippen LogP contribution in [0.5, 0.6) is 0 Å². The predicted octanol–water partition coefficient (Wildman–Crippen LogP) is 2.60. The zero-order valence-corrected chi connectivity index (χ0v) is 12.5. The summed E-state index contributed by atoms with van der Waals surface area (Å²) >= 11 is 5.93. The molecule has 0 bridgehead atoms. The molecule has 5 nitrogen and oxygen atoms in total. The van der Waals surface area contributed by atoms with Crippen LogP contribution in [0.4, 0.5) is 11.8 Å². The fourth-order valence-corrected chi connectivity index (χ4v) is 2.60. The number of hydrogen-bond donors (Lipinski definition) is 1. The maximum Gasteiger partial charge on any atom is 0.222 e. The molecule has 2 N–H and O–H groups in total. The van der Waals surface area contributed by atoms with Crippen molar-refractivity contribution in [3.8, 4) is 0 Å². The first-order valence-electron chi connectivity index (χ1n) is 6.85. The molecule has 3 rings (SSSR count). The summed E-state index contributed by atoms with van der Waals surface area (Å²) < 4.78 is 5.86. The summed E-state index contributed by atoms with van der Waals surface area (Å²) in [5.74, 6) is 1.15. The van der Waals surface area contributed by atoms with E-state index in [9.17, 15) is 0 Å². The molecule has 1 aliphatic heterocycles. The summed E-state index contributed by atoms with van der Waals surface area (Å²) in [5.41, 5.74) is 7.72. The number of halogens is 1. The van der Waals surface area contributed by atoms with Gasteiger partial charge in [0.1, 0.15) is 11.9 Å². The van der Waals surface area contributed by atoms with Crippen molar-refractivity contribution in [3.05, 3.63) is 46.6 Å². The molecule has 0 saturated carbocycles. The van der Waals surface area contributed by atoms with E-state index in [1.807, 2.05) is 37.3 Å². The van der Waals surface area contributed by atoms with Crippen molar-refractivity contribution in [1.82, 2.24) is 9.97 Å². The van der Waals surface area contributed by atoms with E-state index < -0.39 is 0 Å². The van der Waals surface area contributed by atoms with E-state index in [2.05, 4.69) is 14.9 Å². The van der Waals surface area contributed by atoms with Crippen molar-refractivity contribution in [2.75, 3.05) is 30.3 Å². The number of nitrogen functional groups attached to an aromatic ring is 1. The Balaban J connectivity index is 1.80. The third-order valence-corrected chi connectivity index (χ3v) is 3.74. The monoisotopic (exact) mass is 304 g/mol. The van der Waals surface area contributed by atoms with Gasteiger partial charge in [-0.3, -0.25) is 0 Å². The first kappa shape index (κ1) is 14.1. The smallest absolute Gasteiger partial charge is 0.222 e. The molecular weight excluding hydrogens is 288 g/mol. The average molecular weight is 305 g/mol. The SMILES string of the molecule is Cc1cc(N2CCO[C@H](c3ccc(Cl)cc3)C2)nc(N)n1. The van der Waals surface area contributed by atoms with Gasteiger partial charge in [-0.2, -0.15) is 4.98 Å². The minimum absolute atomic E-state index is 0.00696. The fourth-order valence-electron chi connectivity index (χ4n) is 2.47. The van der Waals surface area contributed by atoms with Crippen LogP contribution in [0.1, 0.15) is 17.4 Å². The maximum atomic E-state index is 5.93. The highest BCUT2D eigenvalue weighted by atomic mass is 35.5. The molecule has 6 heteroatoms. The van der Waals surface area contributed by atoms with Crippen molar-refractivity contribution in [2.45, 2.75) is 13.0 Å². The van der Waals surface area contributed by atoms with Crippen LogP contribution in [0.15, 0.2) is 30.3 Å². The van der Waals surface area contributed by atoms with Gasteiger partial charge in [-0.1, -0.05) is 23.7 Å². The molecule has 0 amide bonds. The summed E-state index contributed by atoms with van der Waals surface area (Å²) in [7, 11) is 0. The Morgan fingerprint density at radius 3 is 2.76 bits per heavy atom. The van der Waals surface area contributed by atoms with Crippen molar-refractivity contribution < 1.29 is 4.74 Å². The number of aryl methyl sites for hydroxylation is 1. The van der Waals surface area contributed by atoms with Crippen LogP contribution in [-0.4, -0.2) is 29.7 Å². The lowest BCUT2D eigenvalue weighted by Crippen LogP contribution is -2.39. The standard InChI is InChI=1S/C15H17ClN4O/c1-10-8-14(19-15(17)18-10)20-6-7-21-13(9-20)11-2-4-12(16)5-3-11/h2-5,8,13H,6-7,9H2,1H3,(H2,17,18,19)/t13-/m0/s1. The van der Waals surface area contributed by atoms with Crippen LogP contribution in [0.3, 0.4) is 0 Å². The molecule has 2 aromatic rings. The fraction of sp³-hybridized carbons (Fsp3) is 0.333. The molecule has 2 heterocycles. The Bertz CT molecular complexity index is 612. The zero-order valence-electron chi connectivity index (χ0n) is 11.8. The van der Waals surface area contributed by atoms with Gasteiger partial charge in [0, 0.05) is 29.9 Å². The summed E-state index contributed by atoms with van der Waals surface area (Å²) in [5, 5.41) is 0.727. The number of hydrogen-bond acceptors (Lipinski definition) is 5. The van der Waals surface area contributed by atoms with Crippen molar-refractivity contribution in [1.29, 1.82) is 0 Å². The Morgan fingerprint density at radius 2 is 2.05 bits per heavy atom. The number of aromatic nitrogens is 2. The Kier molecular flexibility index (Phi) is 3.94. The van der Waals surface area contributed by atoms with Gasteiger partial charge in [-0.25, -0.2) is 4.98 Å². The highest BCUT2D eigenvalue weighted by Crippen LogP contribution is 2.26. The largest absolute Gasteiger partial charge is 0.370 e. The van der Waals surface area contributed by atoms with E-state index >= 15 is 0 Å². The molecule has 110 valence electrons. The van der Waals surface area contributed by atoms with Crippen molar-refractivity contribution in [3.63, 3.8) is 0 Å². The van der Waals surface area contributed by atoms with Crippen LogP contribution in [0, 0.1) is 6.92 Å². The van der Waals surface area contributed by atoms with Gasteiger partial charge in [0.2, 0.25) is 5.95 Å². The van der Waals surface area contributed by atoms with E-state index in [-0.39, 0.29) is 6.10 Å². The van der Waals surface area contributed by atoms with E-state index in [1.54, 1.807) is 0 Å². The third-order valence-electron chi connectivity index (χ3n) is 3.49. The quantitative estimate of drug-likeness (QED) is 0.924. The van der Waals surface area contributed by atoms with E-state index in [0.717, 1.165) is 35.2 Å². The van der Waals surface area contributed by atoms with Gasteiger partial charge < -0.3 is 15.4 Å². The number of rotatable bonds is 2. The van der Waals surface area contributed by atoms with E-state index in [4.69, 9.17) is 22.1 Å². The van der Waals surface area contributed by atoms with E-state index in [0.29, 0.717) is 12.6 Å². The van der Waals surface area contributed by atoms with Crippen LogP contribution >= 0.6 is 11.6 Å². The molecule has 1 atom stereocenters. The molecule has 21 heavy (non-hydrogen) atoms. The molecule has 1 aliphatic rings. The van der Waals surface area contributed by atoms with Gasteiger partial charge in [-0.15, -0.1) is 0 Å². The number of morpholine rings is 1. The van der Waals surface area contributed by atoms with Crippen molar-refractivity contribution in [2.24, 2.45) is 0 Å². The lowest BCUT2D eigenvalue weighted by molar-refractivity contribution is 0.0395. The molecular formula is C15H17ClN4O. The predicted molar refractivity (Wildman–Crippen MR) is 83.5 cm³/mol. The third kappa shape index (κ3) is 3.25. The minimum Gasteiger partial charge on any atom is -0.370 e. The number of anilines is 2. The van der Waals surface area contributed by atoms with E-state index in [1.165, 1.54) is 0 Å². The molecule has 1 fully saturated rings. The van der Waals surface area contributed by atoms with Crippen LogP contribution in [0.2, 0.25) is 5.02 Å². The van der Waals surface area contributed by atoms with Gasteiger partial charge in [-0.05, 0) is 24.6 Å². The van der Waals surface area contributed by atoms with Gasteiger partial charge in [0.05, 0.1) is 6.61 Å². The molecule has 1 saturated heterocycles. The number of nitrogens with zero attached hydrogens (tertiary/aromatic N) is 3. The van der Waals surface area contributed by atoms with Gasteiger partial charge in [0.15, 0.2) is 0 Å². The summed E-state index contributed by atoms with van der Waals surface area (Å²) in [4.78, 5) is 10.6. The minimum atomic E-state index is 0.00696. The first-order valence-corrected chi connectivity index (χ1v) is 7.23. The number of nitrogens with two attached hydrogens (primary N) is 1. The number of ether oxygens (including phenoxy) is 1. The molecule has 0 unspecified atom stereocenters. The number of benzene rings is 1. The maximum absolute atomic E-state index is 5.93. The second-order valence-corrected chi connectivity index (χ2v) is 5.52. The average Bonchev–Trinajstić information content (AvgIpc) is 2.47. The molecule has 1 aromatic carbocycles. The van der Waals surface area contributed by atoms with Crippen LogP contribution in [0.25, 0.3) is 0 Å². The Labute approximate surface area is 128 Å². The molecule has 0 spiro atoms. The molecule has 1 aromatic heterocycles. The van der Waals surface area contributed by atoms with Gasteiger partial charge in [0.25, 0.3) is 0 Å². The topological polar surface area (TPSA) is 64.3 Å². The Morgan fingerprint density at radius 1 is 1.29 bits per heavy atom. The van der Waals surface area contributed by atoms with Crippen LogP contribution in [-0.2, 0) is 4.74 Å². The summed E-state index contributed by atoms with van der Waals surface area (Å²) in [6.07, 6.45) is 0.00696. The first-order chi connectivity index (χ1) is 10.1. The Hall–Kier alpha value is -1.85. The molecule has 0 aliphatic carbocycles. The lowest BCUT2D eigenvalue weighted by Gasteiger charge is -2.34. The second kappa shape index (κ2) is 5.87. The lowest BCUT2D eigenvalue weighted by atomic mass is 10.1. The van der Waals surface area contributed by atoms with Gasteiger partial charge >= 0.3 is 0 Å².